The van der Waals surface area contributed by atoms with Crippen molar-refractivity contribution < 1.29 is 12.9 Å². The second-order valence-corrected chi connectivity index (χ2v) is 8.11. The summed E-state index contributed by atoms with van der Waals surface area (Å²) in [7, 11) is 0.340. The van der Waals surface area contributed by atoms with Crippen molar-refractivity contribution in [1.29, 1.82) is 0 Å². The van der Waals surface area contributed by atoms with Gasteiger partial charge in [0.25, 0.3) is 0 Å². The van der Waals surface area contributed by atoms with Crippen LogP contribution in [0.25, 0.3) is 0 Å². The monoisotopic (exact) mass is 380 g/mol. The quantitative estimate of drug-likeness (QED) is 0.590. The van der Waals surface area contributed by atoms with Crippen LogP contribution in [0.3, 0.4) is 0 Å². The van der Waals surface area contributed by atoms with Crippen LogP contribution < -0.4 is 5.32 Å². The Balaban J connectivity index is 1.54. The molecule has 1 aliphatic heterocycles. The highest BCUT2D eigenvalue weighted by Crippen LogP contribution is 2.13. The van der Waals surface area contributed by atoms with Gasteiger partial charge in [0, 0.05) is 58.2 Å². The normalized spacial score (nSPS) is 16.8. The molecule has 142 valence electrons. The fourth-order valence-electron chi connectivity index (χ4n) is 2.95. The Kier molecular flexibility index (Phi) is 5.62. The Morgan fingerprint density at radius 2 is 2.08 bits per heavy atom. The summed E-state index contributed by atoms with van der Waals surface area (Å²) in [6.07, 6.45) is 3.38. The third-order valence-corrected chi connectivity index (χ3v) is 6.26. The van der Waals surface area contributed by atoms with Crippen LogP contribution in [0.5, 0.6) is 0 Å². The molecule has 0 unspecified atom stereocenters. The van der Waals surface area contributed by atoms with E-state index in [-0.39, 0.29) is 5.75 Å². The predicted molar refractivity (Wildman–Crippen MR) is 97.9 cm³/mol. The first kappa shape index (κ1) is 18.5. The molecule has 0 amide bonds. The molecule has 3 heterocycles. The minimum atomic E-state index is -3.39. The average molecular weight is 380 g/mol. The summed E-state index contributed by atoms with van der Waals surface area (Å²) in [5, 5.41) is 7.02. The number of nitrogens with one attached hydrogen (secondary N) is 1. The first-order valence-electron chi connectivity index (χ1n) is 8.42. The summed E-state index contributed by atoms with van der Waals surface area (Å²) >= 11 is 0. The van der Waals surface area contributed by atoms with Crippen LogP contribution in [0, 0.1) is 0 Å². The molecular formula is C16H24N6O3S. The number of piperazine rings is 1. The van der Waals surface area contributed by atoms with Crippen LogP contribution in [0.15, 0.2) is 40.2 Å². The smallest absolute Gasteiger partial charge is 0.220 e. The van der Waals surface area contributed by atoms with Crippen LogP contribution in [0.4, 0.5) is 0 Å². The van der Waals surface area contributed by atoms with Crippen molar-refractivity contribution in [1.82, 2.24) is 24.2 Å². The molecule has 2 aromatic rings. The lowest BCUT2D eigenvalue weighted by Crippen LogP contribution is -2.53. The minimum absolute atomic E-state index is 0.135. The van der Waals surface area contributed by atoms with E-state index in [4.69, 9.17) is 4.52 Å². The van der Waals surface area contributed by atoms with Crippen LogP contribution in [0.1, 0.15) is 11.4 Å². The van der Waals surface area contributed by atoms with Gasteiger partial charge in [0.2, 0.25) is 10.0 Å². The van der Waals surface area contributed by atoms with Crippen molar-refractivity contribution in [3.8, 4) is 0 Å². The second kappa shape index (κ2) is 7.92. The molecule has 9 nitrogen and oxygen atoms in total. The van der Waals surface area contributed by atoms with Gasteiger partial charge in [-0.05, 0) is 12.1 Å². The third kappa shape index (κ3) is 4.25. The Morgan fingerprint density at radius 3 is 2.65 bits per heavy atom. The number of aryl methyl sites for hydroxylation is 1. The molecule has 0 radical (unpaired) electrons. The van der Waals surface area contributed by atoms with E-state index in [0.717, 1.165) is 11.7 Å². The number of sulfonamides is 1. The summed E-state index contributed by atoms with van der Waals surface area (Å²) < 4.78 is 33.3. The molecule has 10 heteroatoms. The Hall–Kier alpha value is -2.33. The Bertz CT molecular complexity index is 835. The van der Waals surface area contributed by atoms with Crippen molar-refractivity contribution in [3.05, 3.63) is 42.0 Å². The van der Waals surface area contributed by atoms with Gasteiger partial charge in [0.05, 0.1) is 12.2 Å². The van der Waals surface area contributed by atoms with Gasteiger partial charge in [-0.3, -0.25) is 4.99 Å². The van der Waals surface area contributed by atoms with Gasteiger partial charge in [-0.1, -0.05) is 5.16 Å². The summed E-state index contributed by atoms with van der Waals surface area (Å²) in [5.41, 5.74) is 1.58. The minimum Gasteiger partial charge on any atom is -0.364 e. The van der Waals surface area contributed by atoms with E-state index in [1.165, 1.54) is 10.6 Å². The van der Waals surface area contributed by atoms with Crippen molar-refractivity contribution in [2.75, 3.05) is 33.2 Å². The van der Waals surface area contributed by atoms with E-state index >= 15 is 0 Å². The van der Waals surface area contributed by atoms with Crippen LogP contribution in [-0.2, 0) is 29.4 Å². The number of nitrogens with zero attached hydrogens (tertiary/aromatic N) is 5. The van der Waals surface area contributed by atoms with Gasteiger partial charge >= 0.3 is 0 Å². The van der Waals surface area contributed by atoms with Crippen molar-refractivity contribution in [2.24, 2.45) is 12.0 Å². The Labute approximate surface area is 153 Å². The molecule has 0 aromatic carbocycles. The summed E-state index contributed by atoms with van der Waals surface area (Å²) in [4.78, 5) is 6.40. The lowest BCUT2D eigenvalue weighted by atomic mass is 10.3. The molecule has 0 aliphatic carbocycles. The Morgan fingerprint density at radius 1 is 1.31 bits per heavy atom. The first-order valence-corrected chi connectivity index (χ1v) is 10.0. The van der Waals surface area contributed by atoms with E-state index in [1.54, 1.807) is 13.1 Å². The van der Waals surface area contributed by atoms with Crippen LogP contribution >= 0.6 is 0 Å². The molecule has 1 N–H and O–H groups in total. The van der Waals surface area contributed by atoms with Crippen LogP contribution in [-0.4, -0.2) is 66.5 Å². The van der Waals surface area contributed by atoms with Gasteiger partial charge in [0.1, 0.15) is 12.0 Å². The maximum Gasteiger partial charge on any atom is 0.220 e. The van der Waals surface area contributed by atoms with Crippen molar-refractivity contribution in [2.45, 2.75) is 12.3 Å². The molecule has 0 saturated carbocycles. The summed E-state index contributed by atoms with van der Waals surface area (Å²) in [6.45, 7) is 2.69. The number of guanidine groups is 1. The molecule has 1 aliphatic rings. The van der Waals surface area contributed by atoms with Crippen LogP contribution in [0.2, 0.25) is 0 Å². The summed E-state index contributed by atoms with van der Waals surface area (Å²) in [6, 6.07) is 5.62. The average Bonchev–Trinajstić information content (AvgIpc) is 3.27. The number of hydrogen-bond acceptors (Lipinski definition) is 5. The maximum atomic E-state index is 12.5. The highest BCUT2D eigenvalue weighted by atomic mass is 32.2. The highest BCUT2D eigenvalue weighted by Gasteiger charge is 2.28. The van der Waals surface area contributed by atoms with Crippen molar-refractivity contribution in [3.63, 3.8) is 0 Å². The zero-order valence-electron chi connectivity index (χ0n) is 15.0. The van der Waals surface area contributed by atoms with Gasteiger partial charge in [-0.2, -0.15) is 4.31 Å². The van der Waals surface area contributed by atoms with E-state index < -0.39 is 10.0 Å². The number of aliphatic imine (C=N–C) groups is 1. The van der Waals surface area contributed by atoms with Gasteiger partial charge in [0.15, 0.2) is 5.96 Å². The number of rotatable bonds is 5. The molecule has 26 heavy (non-hydrogen) atoms. The van der Waals surface area contributed by atoms with Gasteiger partial charge in [-0.25, -0.2) is 8.42 Å². The van der Waals surface area contributed by atoms with E-state index in [2.05, 4.69) is 31.0 Å². The topological polar surface area (TPSA) is 96.0 Å². The fourth-order valence-corrected chi connectivity index (χ4v) is 4.38. The SMILES string of the molecule is CN=C(NCc1cccn1C)N1CCN(S(=O)(=O)Cc2ccon2)CC1. The standard InChI is InChI=1S/C16H24N6O3S/c1-17-16(18-12-15-4-3-6-20(15)2)21-7-9-22(10-8-21)26(23,24)13-14-5-11-25-19-14/h3-6,11H,7-10,12-13H2,1-2H3,(H,17,18). The molecule has 1 fully saturated rings. The molecule has 0 spiro atoms. The fraction of sp³-hybridized carbons (Fsp3) is 0.500. The largest absolute Gasteiger partial charge is 0.364 e. The molecular weight excluding hydrogens is 356 g/mol. The number of hydrogen-bond donors (Lipinski definition) is 1. The van der Waals surface area contributed by atoms with E-state index in [0.29, 0.717) is 38.4 Å². The van der Waals surface area contributed by atoms with Crippen molar-refractivity contribution >= 4 is 16.0 Å². The molecule has 1 saturated heterocycles. The predicted octanol–water partition coefficient (Wildman–Crippen LogP) is 0.236. The lowest BCUT2D eigenvalue weighted by molar-refractivity contribution is 0.259. The van der Waals surface area contributed by atoms with Gasteiger partial charge in [-0.15, -0.1) is 0 Å². The second-order valence-electron chi connectivity index (χ2n) is 6.14. The molecule has 2 aromatic heterocycles. The zero-order valence-corrected chi connectivity index (χ0v) is 15.8. The molecule has 3 rings (SSSR count). The van der Waals surface area contributed by atoms with Gasteiger partial charge < -0.3 is 19.3 Å². The van der Waals surface area contributed by atoms with E-state index in [9.17, 15) is 8.42 Å². The summed E-state index contributed by atoms with van der Waals surface area (Å²) in [5.74, 6) is 0.643. The maximum absolute atomic E-state index is 12.5. The third-order valence-electron chi connectivity index (χ3n) is 4.44. The molecule has 0 bridgehead atoms. The molecule has 0 atom stereocenters. The number of aromatic nitrogens is 2. The lowest BCUT2D eigenvalue weighted by Gasteiger charge is -2.35. The zero-order chi connectivity index (χ0) is 18.6. The van der Waals surface area contributed by atoms with E-state index in [1.807, 2.05) is 19.3 Å². The first-order chi connectivity index (χ1) is 12.5. The highest BCUT2D eigenvalue weighted by molar-refractivity contribution is 7.88.